The van der Waals surface area contributed by atoms with Crippen molar-refractivity contribution in [2.75, 3.05) is 6.66 Å². The van der Waals surface area contributed by atoms with Gasteiger partial charge in [0.15, 0.2) is 5.76 Å². The third kappa shape index (κ3) is 4.35. The molecule has 0 N–H and O–H groups in total. The fraction of sp³-hybridized carbons (Fsp3) is 0.0357. The van der Waals surface area contributed by atoms with E-state index in [0.29, 0.717) is 11.7 Å². The lowest BCUT2D eigenvalue weighted by Gasteiger charge is -2.24. The van der Waals surface area contributed by atoms with Gasteiger partial charge in [-0.1, -0.05) is 48.5 Å². The molecule has 2 nitrogen and oxygen atoms in total. The van der Waals surface area contributed by atoms with Crippen LogP contribution in [0.4, 0.5) is 4.39 Å². The summed E-state index contributed by atoms with van der Waals surface area (Å²) < 4.78 is 19.5. The molecule has 5 heteroatoms. The van der Waals surface area contributed by atoms with Gasteiger partial charge in [0.25, 0.3) is 0 Å². The molecule has 4 aromatic carbocycles. The van der Waals surface area contributed by atoms with Gasteiger partial charge in [-0.15, -0.1) is 0 Å². The summed E-state index contributed by atoms with van der Waals surface area (Å²) in [5.74, 6) is 0.914. The van der Waals surface area contributed by atoms with Crippen molar-refractivity contribution in [3.63, 3.8) is 0 Å². The van der Waals surface area contributed by atoms with E-state index in [0.717, 1.165) is 11.1 Å². The van der Waals surface area contributed by atoms with Crippen molar-refractivity contribution in [2.45, 2.75) is 0 Å². The predicted molar refractivity (Wildman–Crippen MR) is 132 cm³/mol. The molecule has 0 unspecified atom stereocenters. The van der Waals surface area contributed by atoms with Gasteiger partial charge in [0.1, 0.15) is 29.0 Å². The second kappa shape index (κ2) is 9.70. The predicted octanol–water partition coefficient (Wildman–Crippen LogP) is 3.08. The van der Waals surface area contributed by atoms with Gasteiger partial charge in [-0.05, 0) is 60.7 Å². The Kier molecular flexibility index (Phi) is 6.74. The van der Waals surface area contributed by atoms with Crippen LogP contribution < -0.4 is 28.3 Å². The number of benzene rings is 4. The van der Waals surface area contributed by atoms with E-state index in [2.05, 4.69) is 78.4 Å². The fourth-order valence-corrected chi connectivity index (χ4v) is 7.50. The quantitative estimate of drug-likeness (QED) is 0.367. The van der Waals surface area contributed by atoms with E-state index in [9.17, 15) is 4.39 Å². The maximum absolute atomic E-state index is 13.3. The number of halogens is 2. The van der Waals surface area contributed by atoms with Crippen molar-refractivity contribution in [2.24, 2.45) is 0 Å². The number of oxazole rings is 1. The zero-order chi connectivity index (χ0) is 22.0. The lowest BCUT2D eigenvalue weighted by Crippen LogP contribution is -3.00. The van der Waals surface area contributed by atoms with Gasteiger partial charge in [-0.25, -0.2) is 9.37 Å². The van der Waals surface area contributed by atoms with E-state index in [1.807, 2.05) is 18.2 Å². The number of aromatic nitrogens is 1. The molecular formula is C28H22ClFNOP. The second-order valence-electron chi connectivity index (χ2n) is 7.73. The maximum Gasteiger partial charge on any atom is 0.230 e. The maximum atomic E-state index is 13.3. The van der Waals surface area contributed by atoms with E-state index in [4.69, 9.17) is 4.42 Å². The van der Waals surface area contributed by atoms with Crippen molar-refractivity contribution in [1.29, 1.82) is 0 Å². The molecule has 0 aliphatic rings. The molecule has 0 radical (unpaired) electrons. The molecule has 0 aliphatic carbocycles. The fourth-order valence-electron chi connectivity index (χ4n) is 4.07. The molecule has 5 rings (SSSR count). The van der Waals surface area contributed by atoms with Crippen LogP contribution in [-0.2, 0) is 0 Å². The van der Waals surface area contributed by atoms with Gasteiger partial charge < -0.3 is 16.8 Å². The highest BCUT2D eigenvalue weighted by Crippen LogP contribution is 2.53. The molecule has 0 atom stereocenters. The van der Waals surface area contributed by atoms with Crippen LogP contribution in [0.1, 0.15) is 0 Å². The average Bonchev–Trinajstić information content (AvgIpc) is 3.35. The molecule has 164 valence electrons. The minimum absolute atomic E-state index is 0. The van der Waals surface area contributed by atoms with E-state index in [1.165, 1.54) is 28.0 Å². The number of rotatable bonds is 5. The highest BCUT2D eigenvalue weighted by atomic mass is 35.5. The Labute approximate surface area is 199 Å². The number of hydrogen-bond donors (Lipinski definition) is 0. The summed E-state index contributed by atoms with van der Waals surface area (Å²) in [6, 6.07) is 35.9. The topological polar surface area (TPSA) is 26.0 Å². The van der Waals surface area contributed by atoms with Crippen LogP contribution in [0.25, 0.3) is 22.8 Å². The van der Waals surface area contributed by atoms with Gasteiger partial charge in [0.2, 0.25) is 5.89 Å². The first-order chi connectivity index (χ1) is 15.7. The SMILES string of the molecule is C[P+](c1ccccc1)(c1ccccc1)c1ccccc1-c1ncc(-c2ccc(F)cc2)o1.[Cl-]. The number of hydrogen-bond acceptors (Lipinski definition) is 2. The Morgan fingerprint density at radius 1 is 0.697 bits per heavy atom. The van der Waals surface area contributed by atoms with Crippen molar-refractivity contribution < 1.29 is 21.2 Å². The first-order valence-electron chi connectivity index (χ1n) is 10.5. The summed E-state index contributed by atoms with van der Waals surface area (Å²) in [5, 5.41) is 3.80. The van der Waals surface area contributed by atoms with Gasteiger partial charge in [0.05, 0.1) is 18.4 Å². The zero-order valence-electron chi connectivity index (χ0n) is 18.0. The molecule has 0 bridgehead atoms. The van der Waals surface area contributed by atoms with Gasteiger partial charge in [0, 0.05) is 5.56 Å². The zero-order valence-corrected chi connectivity index (χ0v) is 19.7. The first kappa shape index (κ1) is 22.9. The first-order valence-corrected chi connectivity index (χ1v) is 12.7. The normalized spacial score (nSPS) is 11.1. The van der Waals surface area contributed by atoms with E-state index < -0.39 is 7.26 Å². The highest BCUT2D eigenvalue weighted by molar-refractivity contribution is 7.95. The van der Waals surface area contributed by atoms with Crippen LogP contribution in [0.3, 0.4) is 0 Å². The molecule has 1 heterocycles. The van der Waals surface area contributed by atoms with Gasteiger partial charge in [-0.2, -0.15) is 0 Å². The van der Waals surface area contributed by atoms with Crippen LogP contribution in [0.5, 0.6) is 0 Å². The van der Waals surface area contributed by atoms with Crippen LogP contribution >= 0.6 is 7.26 Å². The summed E-state index contributed by atoms with van der Waals surface area (Å²) in [6.07, 6.45) is 1.71. The van der Waals surface area contributed by atoms with Crippen molar-refractivity contribution in [1.82, 2.24) is 4.98 Å². The third-order valence-electron chi connectivity index (χ3n) is 5.80. The van der Waals surface area contributed by atoms with Crippen molar-refractivity contribution in [3.05, 3.63) is 121 Å². The second-order valence-corrected chi connectivity index (χ2v) is 11.3. The molecule has 0 spiro atoms. The average molecular weight is 474 g/mol. The molecule has 0 amide bonds. The van der Waals surface area contributed by atoms with Gasteiger partial charge in [-0.3, -0.25) is 0 Å². The standard InChI is InChI=1S/C28H22FNOP.ClH/c1-32(23-10-4-2-5-11-23,24-12-6-3-7-13-24)27-15-9-8-14-25(27)28-30-20-26(31-28)21-16-18-22(29)19-17-21;/h2-20H,1H3;1H/q+1;/p-1. The van der Waals surface area contributed by atoms with Crippen LogP contribution in [0.15, 0.2) is 120 Å². The minimum atomic E-state index is -1.95. The summed E-state index contributed by atoms with van der Waals surface area (Å²) in [5.41, 5.74) is 1.77. The Balaban J connectivity index is 0.00000259. The van der Waals surface area contributed by atoms with Crippen LogP contribution in [0.2, 0.25) is 0 Å². The summed E-state index contributed by atoms with van der Waals surface area (Å²) in [4.78, 5) is 4.60. The summed E-state index contributed by atoms with van der Waals surface area (Å²) in [6.45, 7) is 2.35. The molecule has 0 aliphatic heterocycles. The molecule has 33 heavy (non-hydrogen) atoms. The van der Waals surface area contributed by atoms with E-state index >= 15 is 0 Å². The molecule has 0 saturated carbocycles. The molecular weight excluding hydrogens is 452 g/mol. The summed E-state index contributed by atoms with van der Waals surface area (Å²) >= 11 is 0. The van der Waals surface area contributed by atoms with Crippen LogP contribution in [0, 0.1) is 5.82 Å². The molecule has 1 aromatic heterocycles. The highest BCUT2D eigenvalue weighted by Gasteiger charge is 2.42. The molecule has 0 saturated heterocycles. The largest absolute Gasteiger partial charge is 1.00 e. The summed E-state index contributed by atoms with van der Waals surface area (Å²) in [7, 11) is -1.95. The third-order valence-corrected chi connectivity index (χ3v) is 9.81. The van der Waals surface area contributed by atoms with E-state index in [-0.39, 0.29) is 18.2 Å². The minimum Gasteiger partial charge on any atom is -1.00 e. The molecule has 5 aromatic rings. The Morgan fingerprint density at radius 3 is 1.85 bits per heavy atom. The number of nitrogens with zero attached hydrogens (tertiary/aromatic N) is 1. The molecule has 0 fully saturated rings. The lowest BCUT2D eigenvalue weighted by molar-refractivity contribution is -0.00000740. The van der Waals surface area contributed by atoms with Crippen molar-refractivity contribution in [3.8, 4) is 22.8 Å². The lowest BCUT2D eigenvalue weighted by atomic mass is 10.2. The van der Waals surface area contributed by atoms with Crippen molar-refractivity contribution >= 4 is 23.2 Å². The Hall–Kier alpha value is -3.26. The van der Waals surface area contributed by atoms with Gasteiger partial charge >= 0.3 is 0 Å². The van der Waals surface area contributed by atoms with E-state index in [1.54, 1.807) is 18.3 Å². The van der Waals surface area contributed by atoms with Crippen LogP contribution in [-0.4, -0.2) is 11.6 Å². The smallest absolute Gasteiger partial charge is 0.230 e. The monoisotopic (exact) mass is 473 g/mol. The Morgan fingerprint density at radius 2 is 1.24 bits per heavy atom. The Bertz CT molecular complexity index is 1300.